The van der Waals surface area contributed by atoms with Gasteiger partial charge in [-0.1, -0.05) is 0 Å². The van der Waals surface area contributed by atoms with Gasteiger partial charge in [-0.15, -0.1) is 11.6 Å². The summed E-state index contributed by atoms with van der Waals surface area (Å²) in [6.07, 6.45) is -0.189. The predicted octanol–water partition coefficient (Wildman–Crippen LogP) is 2.06. The van der Waals surface area contributed by atoms with Crippen molar-refractivity contribution in [3.63, 3.8) is 0 Å². The van der Waals surface area contributed by atoms with Crippen LogP contribution in [0.5, 0.6) is 5.75 Å². The van der Waals surface area contributed by atoms with Crippen molar-refractivity contribution >= 4 is 23.3 Å². The number of nitrogens with zero attached hydrogens (tertiary/aromatic N) is 1. The second kappa shape index (κ2) is 6.20. The van der Waals surface area contributed by atoms with E-state index < -0.39 is 10.9 Å². The fraction of sp³-hybridized carbons (Fsp3) is 0.364. The molecular weight excluding hydrogens is 262 g/mol. The number of ether oxygens (including phenoxy) is 2. The highest BCUT2D eigenvalue weighted by molar-refractivity contribution is 6.17. The number of carbonyl (C=O) groups excluding carboxylic acids is 1. The Morgan fingerprint density at radius 1 is 1.39 bits per heavy atom. The number of alkyl halides is 1. The normalized spacial score (nSPS) is 9.94. The molecular formula is C11H12ClNO5. The fourth-order valence-electron chi connectivity index (χ4n) is 1.49. The van der Waals surface area contributed by atoms with Gasteiger partial charge in [0.1, 0.15) is 5.75 Å². The van der Waals surface area contributed by atoms with E-state index in [0.29, 0.717) is 11.3 Å². The lowest BCUT2D eigenvalue weighted by Gasteiger charge is -2.09. The number of hydrogen-bond donors (Lipinski definition) is 0. The van der Waals surface area contributed by atoms with Crippen LogP contribution in [-0.2, 0) is 21.8 Å². The fourth-order valence-corrected chi connectivity index (χ4v) is 1.70. The molecule has 0 N–H and O–H groups in total. The Morgan fingerprint density at radius 2 is 2.06 bits per heavy atom. The van der Waals surface area contributed by atoms with Gasteiger partial charge in [0.25, 0.3) is 5.69 Å². The number of halogens is 1. The van der Waals surface area contributed by atoms with E-state index in [-0.39, 0.29) is 23.6 Å². The number of benzene rings is 1. The molecule has 98 valence electrons. The summed E-state index contributed by atoms with van der Waals surface area (Å²) in [6, 6.07) is 2.75. The first-order valence-electron chi connectivity index (χ1n) is 5.00. The van der Waals surface area contributed by atoms with Gasteiger partial charge >= 0.3 is 5.97 Å². The van der Waals surface area contributed by atoms with Crippen LogP contribution in [0.25, 0.3) is 0 Å². The summed E-state index contributed by atoms with van der Waals surface area (Å²) in [5.41, 5.74) is 0.564. The minimum atomic E-state index is -0.562. The van der Waals surface area contributed by atoms with Gasteiger partial charge in [0.05, 0.1) is 31.4 Å². The highest BCUT2D eigenvalue weighted by Crippen LogP contribution is 2.30. The maximum absolute atomic E-state index is 11.2. The second-order valence-electron chi connectivity index (χ2n) is 3.44. The maximum Gasteiger partial charge on any atom is 0.310 e. The number of carbonyl (C=O) groups is 1. The van der Waals surface area contributed by atoms with Crippen molar-refractivity contribution in [1.82, 2.24) is 0 Å². The lowest BCUT2D eigenvalue weighted by atomic mass is 10.1. The smallest absolute Gasteiger partial charge is 0.310 e. The van der Waals surface area contributed by atoms with E-state index in [1.54, 1.807) is 0 Å². The van der Waals surface area contributed by atoms with Gasteiger partial charge in [-0.3, -0.25) is 14.9 Å². The lowest BCUT2D eigenvalue weighted by molar-refractivity contribution is -0.385. The van der Waals surface area contributed by atoms with Gasteiger partial charge in [-0.05, 0) is 6.07 Å². The summed E-state index contributed by atoms with van der Waals surface area (Å²) in [5, 5.41) is 10.9. The van der Waals surface area contributed by atoms with E-state index in [0.717, 1.165) is 0 Å². The molecule has 1 aromatic rings. The van der Waals surface area contributed by atoms with Crippen LogP contribution in [0.15, 0.2) is 12.1 Å². The van der Waals surface area contributed by atoms with Gasteiger partial charge in [0.2, 0.25) is 0 Å². The minimum absolute atomic E-state index is 0.0858. The van der Waals surface area contributed by atoms with Crippen molar-refractivity contribution in [3.05, 3.63) is 33.4 Å². The molecule has 0 atom stereocenters. The van der Waals surface area contributed by atoms with E-state index in [1.807, 2.05) is 0 Å². The molecule has 0 aliphatic heterocycles. The Bertz CT molecular complexity index is 475. The first-order valence-corrected chi connectivity index (χ1v) is 5.53. The number of rotatable bonds is 5. The zero-order valence-electron chi connectivity index (χ0n) is 9.94. The predicted molar refractivity (Wildman–Crippen MR) is 64.9 cm³/mol. The number of esters is 1. The van der Waals surface area contributed by atoms with Crippen molar-refractivity contribution in [3.8, 4) is 5.75 Å². The summed E-state index contributed by atoms with van der Waals surface area (Å²) in [7, 11) is 2.65. The molecule has 0 saturated carbocycles. The average Bonchev–Trinajstić information content (AvgIpc) is 2.37. The van der Waals surface area contributed by atoms with Gasteiger partial charge in [-0.25, -0.2) is 0 Å². The van der Waals surface area contributed by atoms with E-state index in [4.69, 9.17) is 16.3 Å². The summed E-state index contributed by atoms with van der Waals surface area (Å²) in [4.78, 5) is 21.6. The summed E-state index contributed by atoms with van der Waals surface area (Å²) >= 11 is 5.68. The van der Waals surface area contributed by atoms with Crippen LogP contribution in [0.4, 0.5) is 5.69 Å². The molecule has 18 heavy (non-hydrogen) atoms. The van der Waals surface area contributed by atoms with Crippen molar-refractivity contribution in [1.29, 1.82) is 0 Å². The Kier molecular flexibility index (Phi) is 4.91. The van der Waals surface area contributed by atoms with Crippen molar-refractivity contribution in [2.45, 2.75) is 12.3 Å². The summed E-state index contributed by atoms with van der Waals surface area (Å²) < 4.78 is 9.56. The van der Waals surface area contributed by atoms with Crippen LogP contribution in [-0.4, -0.2) is 25.1 Å². The molecule has 0 fully saturated rings. The Hall–Kier alpha value is -1.82. The van der Waals surface area contributed by atoms with E-state index in [9.17, 15) is 14.9 Å². The molecule has 6 nitrogen and oxygen atoms in total. The standard InChI is InChI=1S/C11H12ClNO5/c1-17-10-4-7(5-11(14)18-2)9(13(15)16)3-8(10)6-12/h3-4H,5-6H2,1-2H3. The summed E-state index contributed by atoms with van der Waals surface area (Å²) in [6.45, 7) is 0. The number of nitro benzene ring substituents is 1. The molecule has 0 radical (unpaired) electrons. The van der Waals surface area contributed by atoms with Gasteiger partial charge in [0.15, 0.2) is 0 Å². The van der Waals surface area contributed by atoms with Crippen LogP contribution in [0.1, 0.15) is 11.1 Å². The van der Waals surface area contributed by atoms with Crippen LogP contribution >= 0.6 is 11.6 Å². The molecule has 1 aromatic carbocycles. The number of methoxy groups -OCH3 is 2. The highest BCUT2D eigenvalue weighted by Gasteiger charge is 2.20. The first-order chi connectivity index (χ1) is 8.53. The molecule has 7 heteroatoms. The van der Waals surface area contributed by atoms with Gasteiger partial charge in [-0.2, -0.15) is 0 Å². The van der Waals surface area contributed by atoms with Gasteiger partial charge < -0.3 is 9.47 Å². The van der Waals surface area contributed by atoms with E-state index >= 15 is 0 Å². The number of nitro groups is 1. The first kappa shape index (κ1) is 14.2. The Labute approximate surface area is 109 Å². The van der Waals surface area contributed by atoms with Crippen LogP contribution in [0.2, 0.25) is 0 Å². The average molecular weight is 274 g/mol. The van der Waals surface area contributed by atoms with Crippen molar-refractivity contribution in [2.24, 2.45) is 0 Å². The molecule has 0 aliphatic rings. The largest absolute Gasteiger partial charge is 0.496 e. The highest BCUT2D eigenvalue weighted by atomic mass is 35.5. The molecule has 0 heterocycles. The SMILES string of the molecule is COC(=O)Cc1cc(OC)c(CCl)cc1[N+](=O)[O-]. The topological polar surface area (TPSA) is 78.7 Å². The van der Waals surface area contributed by atoms with Crippen LogP contribution in [0, 0.1) is 10.1 Å². The molecule has 0 spiro atoms. The van der Waals surface area contributed by atoms with Gasteiger partial charge in [0, 0.05) is 17.2 Å². The molecule has 0 aromatic heterocycles. The third kappa shape index (κ3) is 3.10. The molecule has 0 saturated heterocycles. The molecule has 0 aliphatic carbocycles. The molecule has 0 amide bonds. The van der Waals surface area contributed by atoms with Crippen LogP contribution < -0.4 is 4.74 Å². The Morgan fingerprint density at radius 3 is 2.50 bits per heavy atom. The quantitative estimate of drug-likeness (QED) is 0.355. The number of hydrogen-bond acceptors (Lipinski definition) is 5. The second-order valence-corrected chi connectivity index (χ2v) is 3.70. The van der Waals surface area contributed by atoms with E-state index in [2.05, 4.69) is 4.74 Å². The zero-order chi connectivity index (χ0) is 13.7. The molecule has 1 rings (SSSR count). The van der Waals surface area contributed by atoms with Crippen LogP contribution in [0.3, 0.4) is 0 Å². The summed E-state index contributed by atoms with van der Waals surface area (Å²) in [5.74, 6) is -0.0593. The third-order valence-electron chi connectivity index (χ3n) is 2.38. The molecule has 0 bridgehead atoms. The Balaban J connectivity index is 3.28. The molecule has 0 unspecified atom stereocenters. The van der Waals surface area contributed by atoms with Crippen molar-refractivity contribution in [2.75, 3.05) is 14.2 Å². The zero-order valence-corrected chi connectivity index (χ0v) is 10.7. The van der Waals surface area contributed by atoms with E-state index in [1.165, 1.54) is 26.4 Å². The van der Waals surface area contributed by atoms with Crippen molar-refractivity contribution < 1.29 is 19.2 Å². The maximum atomic E-state index is 11.2. The monoisotopic (exact) mass is 273 g/mol. The third-order valence-corrected chi connectivity index (χ3v) is 2.67. The minimum Gasteiger partial charge on any atom is -0.496 e. The lowest BCUT2D eigenvalue weighted by Crippen LogP contribution is -2.08.